The summed E-state index contributed by atoms with van der Waals surface area (Å²) in [6.45, 7) is 0.627. The third kappa shape index (κ3) is 4.09. The van der Waals surface area contributed by atoms with E-state index in [2.05, 4.69) is 10.3 Å². The van der Waals surface area contributed by atoms with Crippen LogP contribution in [0.5, 0.6) is 0 Å². The Kier molecular flexibility index (Phi) is 5.83. The number of hydrogen-bond donors (Lipinski definition) is 3. The second-order valence-corrected chi connectivity index (χ2v) is 6.14. The first-order valence-corrected chi connectivity index (χ1v) is 8.48. The molecule has 1 aromatic heterocycles. The number of amides is 1. The summed E-state index contributed by atoms with van der Waals surface area (Å²) in [6, 6.07) is 9.78. The van der Waals surface area contributed by atoms with E-state index in [1.54, 1.807) is 30.3 Å². The largest absolute Gasteiger partial charge is 0.455 e. The second kappa shape index (κ2) is 8.30. The average Bonchev–Trinajstić information content (AvgIpc) is 2.98. The van der Waals surface area contributed by atoms with E-state index in [1.165, 1.54) is 12.3 Å². The summed E-state index contributed by atoms with van der Waals surface area (Å²) in [5, 5.41) is 22.0. The van der Waals surface area contributed by atoms with Gasteiger partial charge in [-0.15, -0.1) is 0 Å². The first kappa shape index (κ1) is 19.7. The minimum atomic E-state index is -1.32. The van der Waals surface area contributed by atoms with Crippen LogP contribution in [-0.4, -0.2) is 56.6 Å². The van der Waals surface area contributed by atoms with Crippen LogP contribution in [-0.2, 0) is 14.3 Å². The number of anilines is 1. The first-order chi connectivity index (χ1) is 13.4. The van der Waals surface area contributed by atoms with Crippen LogP contribution in [0.25, 0.3) is 0 Å². The van der Waals surface area contributed by atoms with Crippen LogP contribution in [0.1, 0.15) is 23.5 Å². The molecule has 4 atom stereocenters. The highest BCUT2D eigenvalue weighted by molar-refractivity contribution is 6.03. The number of rotatable bonds is 5. The molecule has 3 rings (SSSR count). The van der Waals surface area contributed by atoms with Crippen molar-refractivity contribution in [2.45, 2.75) is 31.5 Å². The molecule has 10 heteroatoms. The molecule has 0 saturated carbocycles. The van der Waals surface area contributed by atoms with Crippen molar-refractivity contribution in [3.8, 4) is 0 Å². The second-order valence-electron chi connectivity index (χ2n) is 6.14. The van der Waals surface area contributed by atoms with Crippen LogP contribution in [0.2, 0.25) is 0 Å². The molecule has 10 nitrogen and oxygen atoms in total. The van der Waals surface area contributed by atoms with Gasteiger partial charge in [0, 0.05) is 18.7 Å². The van der Waals surface area contributed by atoms with Gasteiger partial charge in [-0.3, -0.25) is 14.2 Å². The van der Waals surface area contributed by atoms with E-state index in [0.29, 0.717) is 5.56 Å². The SMILES string of the molecule is CC(=O)O[C@@H]1[C@@H](O)[C@H](CO)O[C@H]1n1ccc(NC(=O)c2ccccc2)nc1=O. The quantitative estimate of drug-likeness (QED) is 0.591. The highest BCUT2D eigenvalue weighted by Gasteiger charge is 2.47. The normalized spacial score (nSPS) is 24.0. The molecular weight excluding hydrogens is 370 g/mol. The van der Waals surface area contributed by atoms with Gasteiger partial charge in [0.05, 0.1) is 6.61 Å². The van der Waals surface area contributed by atoms with Crippen molar-refractivity contribution in [2.24, 2.45) is 0 Å². The summed E-state index contributed by atoms with van der Waals surface area (Å²) >= 11 is 0. The van der Waals surface area contributed by atoms with Crippen molar-refractivity contribution >= 4 is 17.7 Å². The summed E-state index contributed by atoms with van der Waals surface area (Å²) in [6.07, 6.45) is -3.42. The number of carbonyl (C=O) groups is 2. The van der Waals surface area contributed by atoms with Crippen molar-refractivity contribution < 1.29 is 29.3 Å². The van der Waals surface area contributed by atoms with Gasteiger partial charge in [0.15, 0.2) is 12.3 Å². The Hall–Kier alpha value is -3.08. The van der Waals surface area contributed by atoms with Gasteiger partial charge < -0.3 is 25.0 Å². The van der Waals surface area contributed by atoms with E-state index in [0.717, 1.165) is 11.5 Å². The highest BCUT2D eigenvalue weighted by atomic mass is 16.6. The maximum Gasteiger partial charge on any atom is 0.351 e. The number of carbonyl (C=O) groups excluding carboxylic acids is 2. The fraction of sp³-hybridized carbons (Fsp3) is 0.333. The van der Waals surface area contributed by atoms with E-state index in [-0.39, 0.29) is 5.82 Å². The summed E-state index contributed by atoms with van der Waals surface area (Å²) in [5.41, 5.74) is -0.393. The van der Waals surface area contributed by atoms with E-state index in [9.17, 15) is 24.6 Å². The Morgan fingerprint density at radius 1 is 1.29 bits per heavy atom. The summed E-state index contributed by atoms with van der Waals surface area (Å²) in [7, 11) is 0. The summed E-state index contributed by atoms with van der Waals surface area (Å²) in [4.78, 5) is 39.7. The fourth-order valence-electron chi connectivity index (χ4n) is 2.87. The molecule has 1 aromatic carbocycles. The average molecular weight is 389 g/mol. The van der Waals surface area contributed by atoms with Crippen molar-refractivity contribution in [3.05, 3.63) is 58.6 Å². The standard InChI is InChI=1S/C18H19N3O7/c1-10(23)27-15-14(24)12(9-22)28-17(15)21-8-7-13(20-18(21)26)19-16(25)11-5-3-2-4-6-11/h2-8,12,14-15,17,22,24H,9H2,1H3,(H,19,20,25,26)/t12-,14-,15+,17+/m0/s1. The van der Waals surface area contributed by atoms with Crippen molar-refractivity contribution in [1.29, 1.82) is 0 Å². The Bertz CT molecular complexity index is 915. The third-order valence-corrected chi connectivity index (χ3v) is 4.18. The van der Waals surface area contributed by atoms with Gasteiger partial charge in [-0.2, -0.15) is 4.98 Å². The predicted molar refractivity (Wildman–Crippen MR) is 95.4 cm³/mol. The van der Waals surface area contributed by atoms with Gasteiger partial charge in [-0.25, -0.2) is 4.79 Å². The molecule has 1 aliphatic rings. The molecule has 1 fully saturated rings. The number of ether oxygens (including phenoxy) is 2. The number of esters is 1. The Morgan fingerprint density at radius 3 is 2.61 bits per heavy atom. The van der Waals surface area contributed by atoms with Crippen LogP contribution in [0.3, 0.4) is 0 Å². The summed E-state index contributed by atoms with van der Waals surface area (Å²) in [5.74, 6) is -1.09. The number of aliphatic hydroxyl groups excluding tert-OH is 2. The fourth-order valence-corrected chi connectivity index (χ4v) is 2.87. The molecule has 0 aliphatic carbocycles. The molecule has 2 heterocycles. The Morgan fingerprint density at radius 2 is 2.00 bits per heavy atom. The zero-order valence-corrected chi connectivity index (χ0v) is 14.9. The van der Waals surface area contributed by atoms with Gasteiger partial charge in [0.25, 0.3) is 5.91 Å². The van der Waals surface area contributed by atoms with Gasteiger partial charge in [-0.05, 0) is 18.2 Å². The van der Waals surface area contributed by atoms with Crippen LogP contribution < -0.4 is 11.0 Å². The topological polar surface area (TPSA) is 140 Å². The predicted octanol–water partition coefficient (Wildman–Crippen LogP) is -0.322. The van der Waals surface area contributed by atoms with Crippen LogP contribution in [0.4, 0.5) is 5.82 Å². The van der Waals surface area contributed by atoms with E-state index >= 15 is 0 Å². The molecule has 0 unspecified atom stereocenters. The number of nitrogens with one attached hydrogen (secondary N) is 1. The van der Waals surface area contributed by atoms with Gasteiger partial charge in [0.1, 0.15) is 18.0 Å². The van der Waals surface area contributed by atoms with Crippen molar-refractivity contribution in [1.82, 2.24) is 9.55 Å². The lowest BCUT2D eigenvalue weighted by Gasteiger charge is -2.21. The minimum absolute atomic E-state index is 0.0244. The van der Waals surface area contributed by atoms with E-state index in [1.807, 2.05) is 0 Å². The Labute approximate surface area is 159 Å². The third-order valence-electron chi connectivity index (χ3n) is 4.18. The number of hydrogen-bond acceptors (Lipinski definition) is 8. The lowest BCUT2D eigenvalue weighted by molar-refractivity contribution is -0.156. The minimum Gasteiger partial charge on any atom is -0.455 e. The first-order valence-electron chi connectivity index (χ1n) is 8.48. The molecule has 1 aliphatic heterocycles. The number of aromatic nitrogens is 2. The molecular formula is C18H19N3O7. The zero-order valence-electron chi connectivity index (χ0n) is 14.9. The molecule has 0 radical (unpaired) electrons. The Balaban J connectivity index is 1.82. The van der Waals surface area contributed by atoms with Crippen molar-refractivity contribution in [3.63, 3.8) is 0 Å². The van der Waals surface area contributed by atoms with Gasteiger partial charge in [-0.1, -0.05) is 18.2 Å². The molecule has 1 saturated heterocycles. The molecule has 1 amide bonds. The van der Waals surface area contributed by atoms with Gasteiger partial charge in [0.2, 0.25) is 0 Å². The maximum absolute atomic E-state index is 12.4. The monoisotopic (exact) mass is 389 g/mol. The lowest BCUT2D eigenvalue weighted by atomic mass is 10.1. The lowest BCUT2D eigenvalue weighted by Crippen LogP contribution is -2.39. The maximum atomic E-state index is 12.4. The number of benzene rings is 1. The molecule has 2 aromatic rings. The number of aliphatic hydroxyl groups is 2. The molecule has 3 N–H and O–H groups in total. The summed E-state index contributed by atoms with van der Waals surface area (Å²) < 4.78 is 11.5. The van der Waals surface area contributed by atoms with Gasteiger partial charge >= 0.3 is 11.7 Å². The smallest absolute Gasteiger partial charge is 0.351 e. The molecule has 28 heavy (non-hydrogen) atoms. The molecule has 0 spiro atoms. The highest BCUT2D eigenvalue weighted by Crippen LogP contribution is 2.30. The van der Waals surface area contributed by atoms with E-state index < -0.39 is 48.7 Å². The zero-order chi connectivity index (χ0) is 20.3. The number of nitrogens with zero attached hydrogens (tertiary/aromatic N) is 2. The van der Waals surface area contributed by atoms with Crippen LogP contribution in [0.15, 0.2) is 47.4 Å². The molecule has 0 bridgehead atoms. The van der Waals surface area contributed by atoms with Crippen LogP contribution in [0, 0.1) is 0 Å². The van der Waals surface area contributed by atoms with E-state index in [4.69, 9.17) is 9.47 Å². The van der Waals surface area contributed by atoms with Crippen molar-refractivity contribution in [2.75, 3.05) is 11.9 Å². The van der Waals surface area contributed by atoms with Crippen LogP contribution >= 0.6 is 0 Å². The molecule has 148 valence electrons.